The fraction of sp³-hybridized carbons (Fsp3) is 0.458. The molecule has 0 aliphatic carbocycles. The van der Waals surface area contributed by atoms with Crippen LogP contribution in [0.2, 0.25) is 0 Å². The maximum atomic E-state index is 12.0. The van der Waals surface area contributed by atoms with Crippen molar-refractivity contribution in [3.8, 4) is 0 Å². The van der Waals surface area contributed by atoms with Gasteiger partial charge in [-0.2, -0.15) is 5.90 Å². The van der Waals surface area contributed by atoms with Gasteiger partial charge >= 0.3 is 12.3 Å². The number of nitrogens with two attached hydrogens (primary N) is 1. The number of pyridine rings is 1. The number of aromatic nitrogens is 1. The number of unbranched alkanes of at least 4 members (excludes halogenated alkanes) is 5. The first kappa shape index (κ1) is 25.8. The normalized spacial score (nSPS) is 20.3. The lowest BCUT2D eigenvalue weighted by molar-refractivity contribution is -1.06. The predicted octanol–water partition coefficient (Wildman–Crippen LogP) is 3.47. The maximum Gasteiger partial charge on any atom is 0.448 e. The summed E-state index contributed by atoms with van der Waals surface area (Å²) in [5.41, 5.74) is 2.15. The summed E-state index contributed by atoms with van der Waals surface area (Å²) in [5, 5.41) is 7.05. The van der Waals surface area contributed by atoms with Crippen molar-refractivity contribution < 1.29 is 27.9 Å². The van der Waals surface area contributed by atoms with Crippen molar-refractivity contribution in [2.75, 3.05) is 25.0 Å². The van der Waals surface area contributed by atoms with Crippen molar-refractivity contribution in [1.29, 1.82) is 0 Å². The van der Waals surface area contributed by atoms with Crippen LogP contribution in [0.1, 0.15) is 50.6 Å². The van der Waals surface area contributed by atoms with E-state index < -0.39 is 0 Å². The monoisotopic (exact) mass is 519 g/mol. The van der Waals surface area contributed by atoms with E-state index in [1.807, 2.05) is 36.5 Å². The van der Waals surface area contributed by atoms with E-state index in [-0.39, 0.29) is 12.3 Å². The Morgan fingerprint density at radius 2 is 1.89 bits per heavy atom. The fourth-order valence-electron chi connectivity index (χ4n) is 4.78. The molecule has 0 spiro atoms. The molecule has 4 rings (SSSR count). The molecule has 188 valence electrons. The third-order valence-corrected chi connectivity index (χ3v) is 7.30. The number of anilines is 1. The van der Waals surface area contributed by atoms with Crippen LogP contribution in [-0.4, -0.2) is 35.2 Å². The van der Waals surface area contributed by atoms with Crippen molar-refractivity contribution in [1.82, 2.24) is 5.32 Å². The highest BCUT2D eigenvalue weighted by Crippen LogP contribution is 2.35. The predicted molar refractivity (Wildman–Crippen MR) is 136 cm³/mol. The zero-order chi connectivity index (χ0) is 24.5. The van der Waals surface area contributed by atoms with E-state index in [9.17, 15) is 4.79 Å². The van der Waals surface area contributed by atoms with Crippen molar-refractivity contribution in [3.05, 3.63) is 54.4 Å². The first-order valence-corrected chi connectivity index (χ1v) is 13.1. The molecule has 3 heterocycles. The van der Waals surface area contributed by atoms with Crippen LogP contribution in [-0.2, 0) is 25.4 Å². The maximum absolute atomic E-state index is 12.0. The van der Waals surface area contributed by atoms with E-state index in [0.717, 1.165) is 61.5 Å². The average molecular weight is 520 g/mol. The van der Waals surface area contributed by atoms with Crippen molar-refractivity contribution in [3.63, 3.8) is 0 Å². The lowest BCUT2D eigenvalue weighted by Gasteiger charge is -2.25. The first-order chi connectivity index (χ1) is 17.1. The molecule has 0 saturated carbocycles. The van der Waals surface area contributed by atoms with Crippen LogP contribution in [0.15, 0.2) is 53.6 Å². The van der Waals surface area contributed by atoms with Crippen LogP contribution in [0.4, 0.5) is 5.69 Å². The minimum atomic E-state index is -0.182. The Bertz CT molecular complexity index is 1010. The molecule has 1 fully saturated rings. The number of ether oxygens (including phenoxy) is 1. The van der Waals surface area contributed by atoms with Crippen LogP contribution in [0.25, 0.3) is 0 Å². The zero-order valence-electron chi connectivity index (χ0n) is 19.7. The SMILES string of the molecule is NOOSc1ccc(NC(=S)NCCCCCCCC[N+]23CC(=O)OC2[n+]2ccccc2C3)cc1. The van der Waals surface area contributed by atoms with Gasteiger partial charge in [0.1, 0.15) is 0 Å². The Balaban J connectivity index is 1.05. The molecule has 4 N–H and O–H groups in total. The van der Waals surface area contributed by atoms with Crippen LogP contribution in [0.5, 0.6) is 0 Å². The number of fused-ring (bicyclic) bond motifs is 3. The average Bonchev–Trinajstić information content (AvgIpc) is 3.33. The summed E-state index contributed by atoms with van der Waals surface area (Å²) in [5.74, 6) is 4.75. The molecule has 0 radical (unpaired) electrons. The standard InChI is InChI=1S/C24H32N5O4S2/c25-32-33-35-21-12-10-19(11-13-21)27-23(34)26-14-6-3-1-2-4-8-16-29-17-20-9-5-7-15-28(20)24(29)31-22(30)18-29/h5,7,9-13,15,24H,1-4,6,8,14,16-18,25H2,(H-,26,27,34)/q+1/p+1. The smallest absolute Gasteiger partial charge is 0.362 e. The molecule has 0 amide bonds. The van der Waals surface area contributed by atoms with Gasteiger partial charge in [0.2, 0.25) is 5.69 Å². The molecule has 2 aliphatic heterocycles. The van der Waals surface area contributed by atoms with Crippen LogP contribution in [0.3, 0.4) is 0 Å². The van der Waals surface area contributed by atoms with Gasteiger partial charge in [-0.05, 0) is 61.8 Å². The van der Waals surface area contributed by atoms with E-state index in [1.54, 1.807) is 0 Å². The van der Waals surface area contributed by atoms with Gasteiger partial charge < -0.3 is 15.4 Å². The molecule has 0 bridgehead atoms. The van der Waals surface area contributed by atoms with Gasteiger partial charge in [-0.1, -0.05) is 19.3 Å². The van der Waals surface area contributed by atoms with Crippen LogP contribution < -0.4 is 21.1 Å². The highest BCUT2D eigenvalue weighted by atomic mass is 32.2. The number of carbonyl (C=O) groups is 1. The van der Waals surface area contributed by atoms with Crippen molar-refractivity contribution >= 4 is 41.0 Å². The minimum Gasteiger partial charge on any atom is -0.362 e. The fourth-order valence-corrected chi connectivity index (χ4v) is 5.36. The third-order valence-electron chi connectivity index (χ3n) is 6.44. The molecule has 1 saturated heterocycles. The number of hydrogen-bond donors (Lipinski definition) is 3. The molecule has 2 unspecified atom stereocenters. The second-order valence-electron chi connectivity index (χ2n) is 8.95. The molecule has 9 nitrogen and oxygen atoms in total. The van der Waals surface area contributed by atoms with Gasteiger partial charge in [0, 0.05) is 29.3 Å². The van der Waals surface area contributed by atoms with Gasteiger partial charge in [-0.3, -0.25) is 0 Å². The molecule has 35 heavy (non-hydrogen) atoms. The Morgan fingerprint density at radius 3 is 2.69 bits per heavy atom. The summed E-state index contributed by atoms with van der Waals surface area (Å²) in [6.45, 7) is 3.18. The molecular weight excluding hydrogens is 486 g/mol. The lowest BCUT2D eigenvalue weighted by Crippen LogP contribution is -2.51. The van der Waals surface area contributed by atoms with Gasteiger partial charge in [0.05, 0.1) is 18.6 Å². The summed E-state index contributed by atoms with van der Waals surface area (Å²) in [4.78, 5) is 17.0. The number of hydrogen-bond acceptors (Lipinski definition) is 7. The summed E-state index contributed by atoms with van der Waals surface area (Å²) in [6, 6.07) is 13.8. The zero-order valence-corrected chi connectivity index (χ0v) is 21.3. The molecule has 2 atom stereocenters. The van der Waals surface area contributed by atoms with E-state index in [2.05, 4.69) is 36.7 Å². The molecule has 2 aliphatic rings. The first-order valence-electron chi connectivity index (χ1n) is 12.0. The summed E-state index contributed by atoms with van der Waals surface area (Å²) in [6.07, 6.45) is 8.76. The molecule has 1 aromatic carbocycles. The van der Waals surface area contributed by atoms with Crippen LogP contribution in [0, 0.1) is 0 Å². The Hall–Kier alpha value is -2.28. The third kappa shape index (κ3) is 6.90. The molecule has 11 heteroatoms. The number of esters is 1. The summed E-state index contributed by atoms with van der Waals surface area (Å²) < 4.78 is 13.1. The molecule has 1 aromatic heterocycles. The second kappa shape index (κ2) is 12.6. The Kier molecular flexibility index (Phi) is 9.30. The largest absolute Gasteiger partial charge is 0.448 e. The summed E-state index contributed by atoms with van der Waals surface area (Å²) in [7, 11) is 0. The van der Waals surface area contributed by atoms with Gasteiger partial charge in [-0.25, -0.2) is 9.28 Å². The lowest BCUT2D eigenvalue weighted by atomic mass is 10.1. The highest BCUT2D eigenvalue weighted by Gasteiger charge is 2.60. The molecular formula is C24H33N5O4S2+2. The quantitative estimate of drug-likeness (QED) is 0.0537. The number of quaternary nitrogens is 1. The number of rotatable bonds is 13. The number of nitrogens with zero attached hydrogens (tertiary/aromatic N) is 2. The topological polar surface area (TPSA) is 98.7 Å². The van der Waals surface area contributed by atoms with Crippen LogP contribution >= 0.6 is 24.3 Å². The number of thiocarbonyl (C=S) groups is 1. The Labute approximate surface area is 215 Å². The second-order valence-corrected chi connectivity index (χ2v) is 10.1. The molecule has 2 aromatic rings. The van der Waals surface area contributed by atoms with E-state index in [0.29, 0.717) is 16.1 Å². The number of carbonyl (C=O) groups excluding carboxylic acids is 1. The van der Waals surface area contributed by atoms with Gasteiger partial charge in [-0.15, -0.1) is 13.9 Å². The number of nitrogens with one attached hydrogen (secondary N) is 2. The van der Waals surface area contributed by atoms with E-state index >= 15 is 0 Å². The number of benzene rings is 1. The van der Waals surface area contributed by atoms with E-state index in [4.69, 9.17) is 22.9 Å². The highest BCUT2D eigenvalue weighted by molar-refractivity contribution is 7.94. The summed E-state index contributed by atoms with van der Waals surface area (Å²) >= 11 is 6.41. The van der Waals surface area contributed by atoms with E-state index in [1.165, 1.54) is 25.0 Å². The van der Waals surface area contributed by atoms with Gasteiger partial charge in [0.25, 0.3) is 0 Å². The van der Waals surface area contributed by atoms with Crippen molar-refractivity contribution in [2.24, 2.45) is 5.90 Å². The Morgan fingerprint density at radius 1 is 1.11 bits per heavy atom. The van der Waals surface area contributed by atoms with Crippen molar-refractivity contribution in [2.45, 2.75) is 56.3 Å². The van der Waals surface area contributed by atoms with Gasteiger partial charge in [0.15, 0.2) is 24.4 Å². The minimum absolute atomic E-state index is 0.0832.